The number of benzene rings is 1. The van der Waals surface area contributed by atoms with E-state index in [2.05, 4.69) is 20.9 Å². The quantitative estimate of drug-likeness (QED) is 0.424. The summed E-state index contributed by atoms with van der Waals surface area (Å²) in [6.45, 7) is 1.75. The predicted molar refractivity (Wildman–Crippen MR) is 126 cm³/mol. The number of thiophene rings is 2. The Morgan fingerprint density at radius 3 is 3.06 bits per heavy atom. The van der Waals surface area contributed by atoms with Crippen LogP contribution in [-0.2, 0) is 0 Å². The fraction of sp³-hybridized carbons (Fsp3) is 0.227. The molecule has 0 radical (unpaired) electrons. The van der Waals surface area contributed by atoms with Gasteiger partial charge in [0.15, 0.2) is 0 Å². The first kappa shape index (κ1) is 18.7. The molecule has 6 rings (SSSR count). The summed E-state index contributed by atoms with van der Waals surface area (Å²) in [5.41, 5.74) is 2.09. The number of nitrogens with one attached hydrogen (secondary N) is 3. The molecule has 4 aromatic rings. The minimum atomic E-state index is -0.277. The van der Waals surface area contributed by atoms with Crippen LogP contribution in [0.2, 0.25) is 0 Å². The van der Waals surface area contributed by atoms with Crippen molar-refractivity contribution in [3.05, 3.63) is 46.8 Å². The lowest BCUT2D eigenvalue weighted by Gasteiger charge is -2.28. The standard InChI is InChI=1S/C22H19N5O2S2/c28-20(25-13-2-1-7-23-11-13)19-18-17-15(5-8-24-21(17)31-19)27(22(29)26-18)14-3-4-16-12(10-14)6-9-30-16/h3-6,8-10,13,23H,1-2,7,11H2,(H,25,28)(H,26,29)/t13-/m1/s1. The van der Waals surface area contributed by atoms with Gasteiger partial charge in [-0.25, -0.2) is 9.78 Å². The third kappa shape index (κ3) is 3.08. The number of urea groups is 1. The van der Waals surface area contributed by atoms with E-state index in [-0.39, 0.29) is 18.0 Å². The second-order valence-corrected chi connectivity index (χ2v) is 9.69. The maximum atomic E-state index is 13.2. The molecule has 1 saturated heterocycles. The molecular weight excluding hydrogens is 430 g/mol. The number of carbonyl (C=O) groups excluding carboxylic acids is 2. The van der Waals surface area contributed by atoms with E-state index in [1.54, 1.807) is 22.4 Å². The summed E-state index contributed by atoms with van der Waals surface area (Å²) in [6, 6.07) is 9.69. The number of aromatic nitrogens is 1. The molecule has 0 bridgehead atoms. The van der Waals surface area contributed by atoms with E-state index < -0.39 is 0 Å². The first-order valence-electron chi connectivity index (χ1n) is 10.2. The molecule has 9 heteroatoms. The fourth-order valence-corrected chi connectivity index (χ4v) is 6.11. The van der Waals surface area contributed by atoms with Crippen molar-refractivity contribution in [3.8, 4) is 0 Å². The molecular formula is C22H19N5O2S2. The highest BCUT2D eigenvalue weighted by Gasteiger charge is 2.33. The molecule has 3 aromatic heterocycles. The Bertz CT molecular complexity index is 1340. The predicted octanol–water partition coefficient (Wildman–Crippen LogP) is 4.68. The van der Waals surface area contributed by atoms with Crippen LogP contribution in [0.3, 0.4) is 0 Å². The van der Waals surface area contributed by atoms with Crippen molar-refractivity contribution in [2.75, 3.05) is 23.3 Å². The number of carbonyl (C=O) groups is 2. The molecule has 0 spiro atoms. The number of amides is 3. The maximum absolute atomic E-state index is 13.2. The summed E-state index contributed by atoms with van der Waals surface area (Å²) in [5, 5.41) is 13.3. The van der Waals surface area contributed by atoms with Gasteiger partial charge in [0.05, 0.1) is 22.4 Å². The second kappa shape index (κ2) is 7.30. The minimum absolute atomic E-state index is 0.0965. The van der Waals surface area contributed by atoms with Gasteiger partial charge in [-0.2, -0.15) is 0 Å². The molecule has 1 fully saturated rings. The van der Waals surface area contributed by atoms with Gasteiger partial charge in [0.2, 0.25) is 0 Å². The average Bonchev–Trinajstić information content (AvgIpc) is 3.40. The largest absolute Gasteiger partial charge is 0.347 e. The van der Waals surface area contributed by atoms with Crippen LogP contribution in [0.4, 0.5) is 21.9 Å². The zero-order valence-corrected chi connectivity index (χ0v) is 18.1. The van der Waals surface area contributed by atoms with Crippen LogP contribution in [-0.4, -0.2) is 36.1 Å². The highest BCUT2D eigenvalue weighted by molar-refractivity contribution is 7.21. The molecule has 156 valence electrons. The maximum Gasteiger partial charge on any atom is 0.331 e. The zero-order valence-electron chi connectivity index (χ0n) is 16.5. The molecule has 0 saturated carbocycles. The highest BCUT2D eigenvalue weighted by atomic mass is 32.1. The third-order valence-corrected chi connectivity index (χ3v) is 7.77. The molecule has 2 aliphatic rings. The Kier molecular flexibility index (Phi) is 4.41. The second-order valence-electron chi connectivity index (χ2n) is 7.74. The number of fused-ring (bicyclic) bond motifs is 1. The van der Waals surface area contributed by atoms with Crippen molar-refractivity contribution in [2.45, 2.75) is 18.9 Å². The normalized spacial score (nSPS) is 18.4. The molecule has 7 nitrogen and oxygen atoms in total. The highest BCUT2D eigenvalue weighted by Crippen LogP contribution is 2.46. The summed E-state index contributed by atoms with van der Waals surface area (Å²) in [5.74, 6) is -0.161. The Morgan fingerprint density at radius 1 is 1.26 bits per heavy atom. The molecule has 0 unspecified atom stereocenters. The monoisotopic (exact) mass is 449 g/mol. The summed E-state index contributed by atoms with van der Waals surface area (Å²) in [6.07, 6.45) is 3.68. The van der Waals surface area contributed by atoms with Crippen LogP contribution in [0.5, 0.6) is 0 Å². The van der Waals surface area contributed by atoms with Gasteiger partial charge in [-0.15, -0.1) is 22.7 Å². The van der Waals surface area contributed by atoms with Gasteiger partial charge in [0, 0.05) is 23.5 Å². The number of hydrogen-bond acceptors (Lipinski definition) is 6. The summed E-state index contributed by atoms with van der Waals surface area (Å²) >= 11 is 2.99. The minimum Gasteiger partial charge on any atom is -0.347 e. The Balaban J connectivity index is 1.43. The fourth-order valence-electron chi connectivity index (χ4n) is 4.32. The number of pyridine rings is 1. The summed E-state index contributed by atoms with van der Waals surface area (Å²) in [4.78, 5) is 33.6. The van der Waals surface area contributed by atoms with Crippen molar-refractivity contribution in [1.82, 2.24) is 15.6 Å². The molecule has 0 aliphatic carbocycles. The summed E-state index contributed by atoms with van der Waals surface area (Å²) in [7, 11) is 0. The van der Waals surface area contributed by atoms with Crippen molar-refractivity contribution < 1.29 is 9.59 Å². The lowest BCUT2D eigenvalue weighted by atomic mass is 10.1. The van der Waals surface area contributed by atoms with Crippen LogP contribution in [0.15, 0.2) is 41.9 Å². The van der Waals surface area contributed by atoms with E-state index in [1.165, 1.54) is 16.0 Å². The molecule has 5 heterocycles. The van der Waals surface area contributed by atoms with Crippen LogP contribution in [0.1, 0.15) is 22.5 Å². The van der Waals surface area contributed by atoms with Crippen molar-refractivity contribution in [3.63, 3.8) is 0 Å². The third-order valence-electron chi connectivity index (χ3n) is 5.78. The Hall–Kier alpha value is -3.01. The summed E-state index contributed by atoms with van der Waals surface area (Å²) < 4.78 is 1.17. The van der Waals surface area contributed by atoms with E-state index in [0.717, 1.165) is 52.9 Å². The average molecular weight is 450 g/mol. The van der Waals surface area contributed by atoms with Crippen LogP contribution in [0, 0.1) is 0 Å². The van der Waals surface area contributed by atoms with Crippen molar-refractivity contribution in [2.24, 2.45) is 0 Å². The molecule has 3 amide bonds. The van der Waals surface area contributed by atoms with Crippen molar-refractivity contribution in [1.29, 1.82) is 0 Å². The van der Waals surface area contributed by atoms with Gasteiger partial charge in [-0.3, -0.25) is 9.69 Å². The lowest BCUT2D eigenvalue weighted by Crippen LogP contribution is -2.45. The molecule has 3 N–H and O–H groups in total. The van der Waals surface area contributed by atoms with Gasteiger partial charge in [-0.1, -0.05) is 0 Å². The first-order valence-corrected chi connectivity index (χ1v) is 11.9. The molecule has 1 atom stereocenters. The van der Waals surface area contributed by atoms with Crippen LogP contribution >= 0.6 is 22.7 Å². The topological polar surface area (TPSA) is 86.4 Å². The number of piperidine rings is 1. The molecule has 1 aromatic carbocycles. The van der Waals surface area contributed by atoms with Gasteiger partial charge >= 0.3 is 6.03 Å². The van der Waals surface area contributed by atoms with Gasteiger partial charge in [-0.05, 0) is 60.5 Å². The van der Waals surface area contributed by atoms with Crippen LogP contribution < -0.4 is 20.9 Å². The van der Waals surface area contributed by atoms with Crippen molar-refractivity contribution >= 4 is 72.0 Å². The number of anilines is 3. The lowest BCUT2D eigenvalue weighted by molar-refractivity contribution is 0.0935. The smallest absolute Gasteiger partial charge is 0.331 e. The number of hydrogen-bond donors (Lipinski definition) is 3. The van der Waals surface area contributed by atoms with E-state index in [1.807, 2.05) is 35.7 Å². The van der Waals surface area contributed by atoms with Gasteiger partial charge in [0.1, 0.15) is 9.71 Å². The van der Waals surface area contributed by atoms with Crippen LogP contribution in [0.25, 0.3) is 20.3 Å². The Labute approximate surface area is 186 Å². The Morgan fingerprint density at radius 2 is 2.19 bits per heavy atom. The van der Waals surface area contributed by atoms with E-state index in [9.17, 15) is 9.59 Å². The zero-order chi connectivity index (χ0) is 20.9. The van der Waals surface area contributed by atoms with Gasteiger partial charge in [0.25, 0.3) is 5.91 Å². The molecule has 2 aliphatic heterocycles. The first-order chi connectivity index (χ1) is 15.2. The van der Waals surface area contributed by atoms with E-state index in [0.29, 0.717) is 10.6 Å². The molecule has 31 heavy (non-hydrogen) atoms. The number of nitrogens with zero attached hydrogens (tertiary/aromatic N) is 2. The van der Waals surface area contributed by atoms with E-state index >= 15 is 0 Å². The number of rotatable bonds is 3. The van der Waals surface area contributed by atoms with E-state index in [4.69, 9.17) is 0 Å². The SMILES string of the molecule is O=C(N[C@@H]1CCCNC1)c1sc2nccc3c2c1NC(=O)N3c1ccc2sccc2c1. The van der Waals surface area contributed by atoms with Gasteiger partial charge < -0.3 is 16.0 Å².